The number of benzene rings is 3. The monoisotopic (exact) mass is 934 g/mol. The van der Waals surface area contributed by atoms with Gasteiger partial charge < -0.3 is 14.2 Å². The zero-order valence-electron chi connectivity index (χ0n) is 39.6. The van der Waals surface area contributed by atoms with Gasteiger partial charge in [0.1, 0.15) is 22.9 Å². The number of amides is 1. The number of nitrogens with zero attached hydrogens (tertiary/aromatic N) is 9. The highest BCUT2D eigenvalue weighted by molar-refractivity contribution is 6.00. The summed E-state index contributed by atoms with van der Waals surface area (Å²) in [6.45, 7) is 12.6. The molecule has 4 atom stereocenters. The molecule has 3 aromatic carbocycles. The molecule has 15 nitrogen and oxygen atoms in total. The summed E-state index contributed by atoms with van der Waals surface area (Å²) in [5.74, 6) is 1.54. The lowest BCUT2D eigenvalue weighted by Gasteiger charge is -2.35. The maximum absolute atomic E-state index is 16.9. The van der Waals surface area contributed by atoms with Crippen LogP contribution in [0.15, 0.2) is 76.1 Å². The molecular formula is C52H52F2N10O5. The van der Waals surface area contributed by atoms with Crippen LogP contribution in [0, 0.1) is 31.4 Å². The minimum atomic E-state index is -0.861. The molecule has 12 rings (SSSR count). The van der Waals surface area contributed by atoms with E-state index in [9.17, 15) is 9.59 Å². The van der Waals surface area contributed by atoms with Crippen LogP contribution in [0.4, 0.5) is 20.3 Å². The summed E-state index contributed by atoms with van der Waals surface area (Å²) in [5.41, 5.74) is 5.51. The van der Waals surface area contributed by atoms with Gasteiger partial charge in [-0.1, -0.05) is 18.1 Å². The highest BCUT2D eigenvalue weighted by atomic mass is 19.1. The molecule has 4 aromatic heterocycles. The second kappa shape index (κ2) is 15.2. The van der Waals surface area contributed by atoms with Crippen LogP contribution in [0.25, 0.3) is 27.5 Å². The number of rotatable bonds is 8. The van der Waals surface area contributed by atoms with Crippen LogP contribution in [0.1, 0.15) is 128 Å². The molecule has 5 aliphatic rings. The molecule has 2 saturated carbocycles. The van der Waals surface area contributed by atoms with Crippen molar-refractivity contribution in [2.24, 2.45) is 13.0 Å². The van der Waals surface area contributed by atoms with Crippen molar-refractivity contribution in [3.63, 3.8) is 0 Å². The van der Waals surface area contributed by atoms with Gasteiger partial charge in [-0.05, 0) is 138 Å². The smallest absolute Gasteiger partial charge is 0.376 e. The van der Waals surface area contributed by atoms with Gasteiger partial charge in [0.2, 0.25) is 5.82 Å². The maximum Gasteiger partial charge on any atom is 0.438 e. The Kier molecular flexibility index (Phi) is 9.52. The average molecular weight is 935 g/mol. The Morgan fingerprint density at radius 3 is 2.33 bits per heavy atom. The van der Waals surface area contributed by atoms with Crippen molar-refractivity contribution in [3.05, 3.63) is 134 Å². The van der Waals surface area contributed by atoms with E-state index in [0.29, 0.717) is 88.0 Å². The number of aryl methyl sites for hydroxylation is 3. The second-order valence-electron chi connectivity index (χ2n) is 20.4. The first-order valence-corrected chi connectivity index (χ1v) is 23.8. The lowest BCUT2D eigenvalue weighted by Crippen LogP contribution is -2.41. The van der Waals surface area contributed by atoms with E-state index in [4.69, 9.17) is 14.4 Å². The van der Waals surface area contributed by atoms with E-state index in [1.54, 1.807) is 65.8 Å². The number of carbonyl (C=O) groups is 1. The fourth-order valence-corrected chi connectivity index (χ4v) is 11.7. The Morgan fingerprint density at radius 2 is 1.65 bits per heavy atom. The third-order valence-electron chi connectivity index (χ3n) is 15.4. The van der Waals surface area contributed by atoms with Gasteiger partial charge in [0, 0.05) is 61.4 Å². The summed E-state index contributed by atoms with van der Waals surface area (Å²) in [4.78, 5) is 49.3. The largest absolute Gasteiger partial charge is 0.438 e. The number of fused-ring (bicyclic) bond motifs is 3. The van der Waals surface area contributed by atoms with Crippen molar-refractivity contribution >= 4 is 45.2 Å². The number of ether oxygens (including phenoxy) is 1. The minimum absolute atomic E-state index is 0.00310. The molecule has 17 heteroatoms. The first-order chi connectivity index (χ1) is 33.1. The van der Waals surface area contributed by atoms with Crippen LogP contribution < -0.4 is 15.6 Å². The van der Waals surface area contributed by atoms with E-state index in [1.807, 2.05) is 28.5 Å². The first kappa shape index (κ1) is 43.2. The van der Waals surface area contributed by atoms with E-state index < -0.39 is 23.2 Å². The lowest BCUT2D eigenvalue weighted by molar-refractivity contribution is -0.0592. The van der Waals surface area contributed by atoms with Gasteiger partial charge in [-0.3, -0.25) is 28.8 Å². The molecule has 354 valence electrons. The van der Waals surface area contributed by atoms with Crippen LogP contribution in [-0.4, -0.2) is 69.8 Å². The number of H-pyrrole nitrogens is 1. The van der Waals surface area contributed by atoms with E-state index in [-0.39, 0.29) is 46.6 Å². The van der Waals surface area contributed by atoms with Crippen molar-refractivity contribution in [2.75, 3.05) is 23.0 Å². The molecular weight excluding hydrogens is 883 g/mol. The fraction of sp³-hybridized carbons (Fsp3) is 0.404. The van der Waals surface area contributed by atoms with Gasteiger partial charge in [0.05, 0.1) is 45.3 Å². The molecule has 69 heavy (non-hydrogen) atoms. The van der Waals surface area contributed by atoms with Crippen molar-refractivity contribution in [1.82, 2.24) is 39.2 Å². The molecule has 1 N–H and O–H groups in total. The molecule has 3 aliphatic heterocycles. The Hall–Kier alpha value is -7.10. The van der Waals surface area contributed by atoms with E-state index in [0.717, 1.165) is 42.1 Å². The Labute approximate surface area is 395 Å². The summed E-state index contributed by atoms with van der Waals surface area (Å²) in [7, 11) is 1.80. The number of halogens is 2. The van der Waals surface area contributed by atoms with Crippen LogP contribution >= 0.6 is 0 Å². The predicted octanol–water partition coefficient (Wildman–Crippen LogP) is 8.85. The zero-order valence-corrected chi connectivity index (χ0v) is 39.6. The molecule has 0 spiro atoms. The first-order valence-electron chi connectivity index (χ1n) is 23.8. The highest BCUT2D eigenvalue weighted by Crippen LogP contribution is 2.56. The van der Waals surface area contributed by atoms with E-state index in [1.165, 1.54) is 4.90 Å². The van der Waals surface area contributed by atoms with Gasteiger partial charge in [-0.25, -0.2) is 23.1 Å². The van der Waals surface area contributed by atoms with Crippen LogP contribution in [0.5, 0.6) is 0 Å². The summed E-state index contributed by atoms with van der Waals surface area (Å²) in [5, 5.41) is 15.3. The summed E-state index contributed by atoms with van der Waals surface area (Å²) in [6, 6.07) is 14.6. The van der Waals surface area contributed by atoms with Crippen molar-refractivity contribution in [1.29, 1.82) is 0 Å². The third-order valence-corrected chi connectivity index (χ3v) is 15.4. The van der Waals surface area contributed by atoms with Crippen LogP contribution in [0.3, 0.4) is 0 Å². The molecule has 0 radical (unpaired) electrons. The number of carbonyl (C=O) groups excluding carboxylic acids is 2. The Bertz CT molecular complexity index is 3450. The topological polar surface area (TPSA) is 153 Å². The number of nitrogens with one attached hydrogen (secondary N) is 1. The van der Waals surface area contributed by atoms with Gasteiger partial charge in [0.15, 0.2) is 17.6 Å². The number of aromatic nitrogens is 7. The Balaban J connectivity index is 0.981. The van der Waals surface area contributed by atoms with Gasteiger partial charge in [-0.15, -0.1) is 0 Å². The summed E-state index contributed by atoms with van der Waals surface area (Å²) < 4.78 is 48.7. The maximum atomic E-state index is 16.9. The SMILES string of the molecule is Cc1cc(-n2nc3c(c2N2C=CN(c4ccc5c(c(C6CC6)nn5C)c4F)C2=C=O)[C@H](C)N(C(=O)c2cc4cc([C@H]5CCOC(C)(C)C5)ccc4n2[C@@]2(c4noc(=O)[nH]4)C[C@@H]2C)CC3)cc(C)c1F. The summed E-state index contributed by atoms with van der Waals surface area (Å²) >= 11 is 0. The summed E-state index contributed by atoms with van der Waals surface area (Å²) in [6.07, 6.45) is 7.86. The molecule has 0 unspecified atom stereocenters. The molecule has 1 amide bonds. The van der Waals surface area contributed by atoms with Gasteiger partial charge in [-0.2, -0.15) is 10.2 Å². The van der Waals surface area contributed by atoms with Gasteiger partial charge >= 0.3 is 5.76 Å². The number of anilines is 2. The van der Waals surface area contributed by atoms with E-state index in [2.05, 4.69) is 60.2 Å². The molecule has 2 aliphatic carbocycles. The molecule has 7 heterocycles. The second-order valence-corrected chi connectivity index (χ2v) is 20.4. The number of hydrogen-bond donors (Lipinski definition) is 1. The third kappa shape index (κ3) is 6.53. The Morgan fingerprint density at radius 1 is 0.913 bits per heavy atom. The molecule has 3 fully saturated rings. The van der Waals surface area contributed by atoms with E-state index >= 15 is 13.6 Å². The van der Waals surface area contributed by atoms with Crippen LogP contribution in [0.2, 0.25) is 0 Å². The predicted molar refractivity (Wildman–Crippen MR) is 254 cm³/mol. The molecule has 1 saturated heterocycles. The fourth-order valence-electron chi connectivity index (χ4n) is 11.7. The average Bonchev–Trinajstić information content (AvgIpc) is 3.88. The minimum Gasteiger partial charge on any atom is -0.376 e. The van der Waals surface area contributed by atoms with Crippen LogP contribution in [-0.2, 0) is 28.5 Å². The number of hydrogen-bond acceptors (Lipinski definition) is 10. The normalized spacial score (nSPS) is 23.1. The molecule has 7 aromatic rings. The van der Waals surface area contributed by atoms with Gasteiger partial charge in [0.25, 0.3) is 5.91 Å². The molecule has 0 bridgehead atoms. The quantitative estimate of drug-likeness (QED) is 0.146. The standard InChI is InChI=1S/C52H52F2N10O5/c1-27-20-35(21-28(2)44(27)53)64-47(62-18-17-61(41(62)26-65)39-13-12-38-43(45(39)54)46(31-8-9-31)57-59(38)7)42-30(4)60(16-14-36(42)56-64)48(66)40-23-34-22-32(33-15-19-68-51(5,6)25-33)10-11-37(34)63(40)52(24-29(52)3)49-55-50(67)69-58-49/h10-13,17-18,20-23,29-31,33H,8-9,14-16,19,24-25H2,1-7H3,(H,55,58,67)/t29-,30-,33-,52-/m0/s1. The number of aromatic amines is 1. The van der Waals surface area contributed by atoms with Crippen molar-refractivity contribution in [2.45, 2.75) is 109 Å². The zero-order chi connectivity index (χ0) is 48.0. The highest BCUT2D eigenvalue weighted by Gasteiger charge is 2.59. The van der Waals surface area contributed by atoms with Crippen molar-refractivity contribution < 1.29 is 27.6 Å². The van der Waals surface area contributed by atoms with Crippen molar-refractivity contribution in [3.8, 4) is 5.69 Å². The lowest BCUT2D eigenvalue weighted by atomic mass is 9.83.